The summed E-state index contributed by atoms with van der Waals surface area (Å²) >= 11 is 0. The van der Waals surface area contributed by atoms with Crippen molar-refractivity contribution in [1.29, 1.82) is 0 Å². The number of hydrogen-bond acceptors (Lipinski definition) is 2. The molecule has 0 saturated carbocycles. The molecule has 0 radical (unpaired) electrons. The number of ether oxygens (including phenoxy) is 1. The Labute approximate surface area is 128 Å². The molecule has 2 aromatic carbocycles. The van der Waals surface area contributed by atoms with E-state index < -0.39 is 0 Å². The fourth-order valence-corrected chi connectivity index (χ4v) is 2.49. The van der Waals surface area contributed by atoms with E-state index in [2.05, 4.69) is 68.6 Å². The molecule has 0 aliphatic carbocycles. The molecule has 2 aromatic rings. The van der Waals surface area contributed by atoms with Gasteiger partial charge in [0, 0.05) is 0 Å². The maximum atomic E-state index is 5.47. The van der Waals surface area contributed by atoms with E-state index in [0.29, 0.717) is 0 Å². The zero-order valence-electron chi connectivity index (χ0n) is 13.4. The van der Waals surface area contributed by atoms with Crippen LogP contribution in [0.3, 0.4) is 0 Å². The standard InChI is InChI=1S/C19H25NO/c1-5-12-20-19(16-9-6-14(2)7-10-16)17-11-8-15(3)18(13-17)21-4/h6-11,13,19-20H,5,12H2,1-4H3. The molecule has 0 bridgehead atoms. The van der Waals surface area contributed by atoms with Crippen LogP contribution < -0.4 is 10.1 Å². The lowest BCUT2D eigenvalue weighted by Crippen LogP contribution is -2.23. The highest BCUT2D eigenvalue weighted by atomic mass is 16.5. The molecule has 2 nitrogen and oxygen atoms in total. The van der Waals surface area contributed by atoms with Gasteiger partial charge in [-0.25, -0.2) is 0 Å². The van der Waals surface area contributed by atoms with E-state index in [9.17, 15) is 0 Å². The number of nitrogens with one attached hydrogen (secondary N) is 1. The Balaban J connectivity index is 2.37. The first kappa shape index (κ1) is 15.6. The van der Waals surface area contributed by atoms with Crippen LogP contribution in [0.2, 0.25) is 0 Å². The maximum Gasteiger partial charge on any atom is 0.122 e. The third-order valence-corrected chi connectivity index (χ3v) is 3.77. The second-order valence-electron chi connectivity index (χ2n) is 5.53. The number of methoxy groups -OCH3 is 1. The van der Waals surface area contributed by atoms with Crippen molar-refractivity contribution in [2.75, 3.05) is 13.7 Å². The predicted molar refractivity (Wildman–Crippen MR) is 89.0 cm³/mol. The van der Waals surface area contributed by atoms with Crippen molar-refractivity contribution < 1.29 is 4.74 Å². The molecule has 1 unspecified atom stereocenters. The Morgan fingerprint density at radius 3 is 2.29 bits per heavy atom. The van der Waals surface area contributed by atoms with Crippen molar-refractivity contribution in [2.45, 2.75) is 33.2 Å². The summed E-state index contributed by atoms with van der Waals surface area (Å²) in [7, 11) is 1.73. The van der Waals surface area contributed by atoms with Crippen LogP contribution in [0.4, 0.5) is 0 Å². The lowest BCUT2D eigenvalue weighted by atomic mass is 9.96. The third kappa shape index (κ3) is 3.85. The molecule has 21 heavy (non-hydrogen) atoms. The molecule has 0 spiro atoms. The van der Waals surface area contributed by atoms with Crippen LogP contribution in [-0.2, 0) is 0 Å². The Bertz CT molecular complexity index is 575. The van der Waals surface area contributed by atoms with Gasteiger partial charge in [-0.05, 0) is 49.6 Å². The predicted octanol–water partition coefficient (Wildman–Crippen LogP) is 4.40. The topological polar surface area (TPSA) is 21.3 Å². The highest BCUT2D eigenvalue weighted by Crippen LogP contribution is 2.27. The van der Waals surface area contributed by atoms with E-state index in [1.165, 1.54) is 22.3 Å². The first-order valence-corrected chi connectivity index (χ1v) is 7.60. The molecule has 0 saturated heterocycles. The van der Waals surface area contributed by atoms with Gasteiger partial charge in [0.1, 0.15) is 5.75 Å². The van der Waals surface area contributed by atoms with E-state index in [1.807, 2.05) is 0 Å². The van der Waals surface area contributed by atoms with Crippen LogP contribution in [0.25, 0.3) is 0 Å². The van der Waals surface area contributed by atoms with Gasteiger partial charge in [-0.3, -0.25) is 0 Å². The molecule has 112 valence electrons. The van der Waals surface area contributed by atoms with Gasteiger partial charge < -0.3 is 10.1 Å². The van der Waals surface area contributed by atoms with E-state index in [4.69, 9.17) is 4.74 Å². The molecule has 0 amide bonds. The smallest absolute Gasteiger partial charge is 0.122 e. The molecule has 0 fully saturated rings. The van der Waals surface area contributed by atoms with Crippen LogP contribution in [0.1, 0.15) is 41.6 Å². The molecule has 2 rings (SSSR count). The van der Waals surface area contributed by atoms with Crippen LogP contribution in [0.5, 0.6) is 5.75 Å². The first-order valence-electron chi connectivity index (χ1n) is 7.60. The largest absolute Gasteiger partial charge is 0.496 e. The minimum atomic E-state index is 0.208. The van der Waals surface area contributed by atoms with Crippen molar-refractivity contribution in [3.63, 3.8) is 0 Å². The number of rotatable bonds is 6. The zero-order chi connectivity index (χ0) is 15.2. The second-order valence-corrected chi connectivity index (χ2v) is 5.53. The normalized spacial score (nSPS) is 12.2. The van der Waals surface area contributed by atoms with Gasteiger partial charge in [-0.1, -0.05) is 48.9 Å². The first-order chi connectivity index (χ1) is 10.2. The summed E-state index contributed by atoms with van der Waals surface area (Å²) < 4.78 is 5.47. The third-order valence-electron chi connectivity index (χ3n) is 3.77. The fourth-order valence-electron chi connectivity index (χ4n) is 2.49. The number of hydrogen-bond donors (Lipinski definition) is 1. The summed E-state index contributed by atoms with van der Waals surface area (Å²) in [5.74, 6) is 0.947. The van der Waals surface area contributed by atoms with Crippen LogP contribution in [0.15, 0.2) is 42.5 Å². The SMILES string of the molecule is CCCNC(c1ccc(C)cc1)c1ccc(C)c(OC)c1. The van der Waals surface area contributed by atoms with Gasteiger partial charge in [0.2, 0.25) is 0 Å². The summed E-state index contributed by atoms with van der Waals surface area (Å²) in [4.78, 5) is 0. The lowest BCUT2D eigenvalue weighted by Gasteiger charge is -2.21. The number of benzene rings is 2. The highest BCUT2D eigenvalue weighted by Gasteiger charge is 2.14. The average molecular weight is 283 g/mol. The lowest BCUT2D eigenvalue weighted by molar-refractivity contribution is 0.410. The molecule has 2 heteroatoms. The maximum absolute atomic E-state index is 5.47. The van der Waals surface area contributed by atoms with Crippen molar-refractivity contribution in [3.05, 3.63) is 64.7 Å². The van der Waals surface area contributed by atoms with Gasteiger partial charge in [0.15, 0.2) is 0 Å². The van der Waals surface area contributed by atoms with Crippen molar-refractivity contribution in [3.8, 4) is 5.75 Å². The molecule has 1 atom stereocenters. The van der Waals surface area contributed by atoms with E-state index in [0.717, 1.165) is 18.7 Å². The summed E-state index contributed by atoms with van der Waals surface area (Å²) in [6.45, 7) is 7.37. The Morgan fingerprint density at radius 2 is 1.67 bits per heavy atom. The number of aryl methyl sites for hydroxylation is 2. The fraction of sp³-hybridized carbons (Fsp3) is 0.368. The molecule has 0 aliphatic rings. The molecule has 0 heterocycles. The van der Waals surface area contributed by atoms with Crippen LogP contribution in [0, 0.1) is 13.8 Å². The van der Waals surface area contributed by atoms with E-state index in [-0.39, 0.29) is 6.04 Å². The highest BCUT2D eigenvalue weighted by molar-refractivity contribution is 5.41. The summed E-state index contributed by atoms with van der Waals surface area (Å²) in [6, 6.07) is 15.4. The molecule has 0 aromatic heterocycles. The summed E-state index contributed by atoms with van der Waals surface area (Å²) in [5.41, 5.74) is 4.99. The Hall–Kier alpha value is -1.80. The van der Waals surface area contributed by atoms with E-state index in [1.54, 1.807) is 7.11 Å². The second kappa shape index (κ2) is 7.28. The average Bonchev–Trinajstić information content (AvgIpc) is 2.50. The van der Waals surface area contributed by atoms with Gasteiger partial charge in [0.05, 0.1) is 13.2 Å². The minimum absolute atomic E-state index is 0.208. The molecular formula is C19H25NO. The minimum Gasteiger partial charge on any atom is -0.496 e. The zero-order valence-corrected chi connectivity index (χ0v) is 13.4. The van der Waals surface area contributed by atoms with Crippen LogP contribution >= 0.6 is 0 Å². The van der Waals surface area contributed by atoms with Crippen molar-refractivity contribution >= 4 is 0 Å². The van der Waals surface area contributed by atoms with Crippen molar-refractivity contribution in [1.82, 2.24) is 5.32 Å². The molecular weight excluding hydrogens is 258 g/mol. The van der Waals surface area contributed by atoms with Crippen LogP contribution in [-0.4, -0.2) is 13.7 Å². The van der Waals surface area contributed by atoms with Gasteiger partial charge in [-0.15, -0.1) is 0 Å². The summed E-state index contributed by atoms with van der Waals surface area (Å²) in [5, 5.41) is 3.64. The van der Waals surface area contributed by atoms with E-state index >= 15 is 0 Å². The molecule has 0 aliphatic heterocycles. The van der Waals surface area contributed by atoms with Crippen molar-refractivity contribution in [2.24, 2.45) is 0 Å². The monoisotopic (exact) mass is 283 g/mol. The summed E-state index contributed by atoms with van der Waals surface area (Å²) in [6.07, 6.45) is 1.12. The molecule has 1 N–H and O–H groups in total. The van der Waals surface area contributed by atoms with Gasteiger partial charge in [0.25, 0.3) is 0 Å². The quantitative estimate of drug-likeness (QED) is 0.848. The van der Waals surface area contributed by atoms with Gasteiger partial charge in [-0.2, -0.15) is 0 Å². The Kier molecular flexibility index (Phi) is 5.40. The Morgan fingerprint density at radius 1 is 1.00 bits per heavy atom. The van der Waals surface area contributed by atoms with Gasteiger partial charge >= 0.3 is 0 Å².